The first-order valence-electron chi connectivity index (χ1n) is 9.31. The normalized spacial score (nSPS) is 14.4. The number of ether oxygens (including phenoxy) is 1. The molecule has 150 valence electrons. The van der Waals surface area contributed by atoms with Crippen molar-refractivity contribution in [2.75, 3.05) is 18.2 Å². The Morgan fingerprint density at radius 2 is 1.90 bits per heavy atom. The van der Waals surface area contributed by atoms with E-state index in [-0.39, 0.29) is 29.1 Å². The van der Waals surface area contributed by atoms with E-state index in [0.717, 1.165) is 12.0 Å². The van der Waals surface area contributed by atoms with Crippen LogP contribution in [0.5, 0.6) is 5.75 Å². The molecule has 0 spiro atoms. The molecule has 0 saturated carbocycles. The van der Waals surface area contributed by atoms with Crippen LogP contribution in [0.2, 0.25) is 0 Å². The van der Waals surface area contributed by atoms with E-state index >= 15 is 0 Å². The maximum Gasteiger partial charge on any atom is 0.274 e. The first-order chi connectivity index (χ1) is 13.9. The number of carbonyl (C=O) groups excluding carboxylic acids is 1. The van der Waals surface area contributed by atoms with Gasteiger partial charge in [0.2, 0.25) is 15.0 Å². The fourth-order valence-electron chi connectivity index (χ4n) is 3.49. The number of amides is 1. The summed E-state index contributed by atoms with van der Waals surface area (Å²) in [5.41, 5.74) is 2.95. The van der Waals surface area contributed by atoms with Gasteiger partial charge in [-0.3, -0.25) is 4.79 Å². The average molecular weight is 411 g/mol. The summed E-state index contributed by atoms with van der Waals surface area (Å²) >= 11 is 0. The van der Waals surface area contributed by atoms with E-state index in [1.54, 1.807) is 31.4 Å². The smallest absolute Gasteiger partial charge is 0.274 e. The number of methoxy groups -OCH3 is 1. The lowest BCUT2D eigenvalue weighted by atomic mass is 10.1. The second-order valence-corrected chi connectivity index (χ2v) is 8.76. The monoisotopic (exact) mass is 411 g/mol. The Kier molecular flexibility index (Phi) is 4.87. The highest BCUT2D eigenvalue weighted by Crippen LogP contribution is 2.32. The summed E-state index contributed by atoms with van der Waals surface area (Å²) in [6.45, 7) is 2.22. The zero-order valence-corrected chi connectivity index (χ0v) is 17.0. The molecule has 1 aliphatic heterocycles. The van der Waals surface area contributed by atoms with Crippen LogP contribution >= 0.6 is 0 Å². The van der Waals surface area contributed by atoms with E-state index in [2.05, 4.69) is 10.3 Å². The number of aryl methyl sites for hydroxylation is 1. The fourth-order valence-corrected chi connectivity index (χ4v) is 4.85. The van der Waals surface area contributed by atoms with Gasteiger partial charge in [0, 0.05) is 17.8 Å². The molecule has 1 amide bonds. The molecule has 2 aromatic carbocycles. The number of imidazole rings is 1. The number of rotatable bonds is 5. The molecule has 4 rings (SSSR count). The molecule has 1 aliphatic rings. The maximum absolute atomic E-state index is 13.2. The molecule has 8 heteroatoms. The predicted octanol–water partition coefficient (Wildman–Crippen LogP) is 3.16. The zero-order chi connectivity index (χ0) is 20.6. The molecule has 0 saturated heterocycles. The standard InChI is InChI=1S/C21H21N3O4S/c1-3-14-6-4-5-7-17(14)22-20(25)19-18(15-8-10-16(28-2)11-9-15)23-21-24(19)12-13-29(21,26)27/h4-11H,3,12-13H2,1-2H3,(H,22,25). The number of para-hydroxylation sites is 1. The molecule has 0 atom stereocenters. The number of carbonyl (C=O) groups is 1. The molecular formula is C21H21N3O4S. The number of benzene rings is 2. The van der Waals surface area contributed by atoms with Gasteiger partial charge in [-0.05, 0) is 42.3 Å². The van der Waals surface area contributed by atoms with Crippen molar-refractivity contribution in [3.63, 3.8) is 0 Å². The van der Waals surface area contributed by atoms with Gasteiger partial charge in [0.1, 0.15) is 17.1 Å². The van der Waals surface area contributed by atoms with Gasteiger partial charge in [0.05, 0.1) is 12.9 Å². The predicted molar refractivity (Wildman–Crippen MR) is 110 cm³/mol. The van der Waals surface area contributed by atoms with Crippen LogP contribution in [0.4, 0.5) is 5.69 Å². The van der Waals surface area contributed by atoms with Crippen molar-refractivity contribution in [1.29, 1.82) is 0 Å². The minimum Gasteiger partial charge on any atom is -0.497 e. The van der Waals surface area contributed by atoms with Gasteiger partial charge in [0.25, 0.3) is 5.91 Å². The van der Waals surface area contributed by atoms with Gasteiger partial charge in [-0.15, -0.1) is 0 Å². The highest BCUT2D eigenvalue weighted by Gasteiger charge is 2.35. The Morgan fingerprint density at radius 1 is 1.17 bits per heavy atom. The summed E-state index contributed by atoms with van der Waals surface area (Å²) in [6.07, 6.45) is 0.765. The number of hydrogen-bond acceptors (Lipinski definition) is 5. The van der Waals surface area contributed by atoms with Crippen molar-refractivity contribution in [2.45, 2.75) is 25.0 Å². The molecule has 0 bridgehead atoms. The molecule has 0 radical (unpaired) electrons. The maximum atomic E-state index is 13.2. The molecule has 1 N–H and O–H groups in total. The number of nitrogens with zero attached hydrogens (tertiary/aromatic N) is 2. The second-order valence-electron chi connectivity index (χ2n) is 6.76. The van der Waals surface area contributed by atoms with Crippen molar-refractivity contribution in [2.24, 2.45) is 0 Å². The van der Waals surface area contributed by atoms with Gasteiger partial charge in [-0.1, -0.05) is 25.1 Å². The van der Waals surface area contributed by atoms with E-state index in [1.165, 1.54) is 4.57 Å². The molecule has 3 aromatic rings. The summed E-state index contributed by atoms with van der Waals surface area (Å²) in [6, 6.07) is 14.6. The summed E-state index contributed by atoms with van der Waals surface area (Å²) in [4.78, 5) is 17.6. The van der Waals surface area contributed by atoms with Crippen LogP contribution in [0.1, 0.15) is 23.0 Å². The van der Waals surface area contributed by atoms with Crippen LogP contribution in [0, 0.1) is 0 Å². The summed E-state index contributed by atoms with van der Waals surface area (Å²) in [7, 11) is -1.93. The van der Waals surface area contributed by atoms with Crippen molar-refractivity contribution in [3.8, 4) is 17.0 Å². The minimum absolute atomic E-state index is 0.0515. The number of hydrogen-bond donors (Lipinski definition) is 1. The fraction of sp³-hybridized carbons (Fsp3) is 0.238. The van der Waals surface area contributed by atoms with Crippen LogP contribution in [0.25, 0.3) is 11.3 Å². The molecule has 0 fully saturated rings. The largest absolute Gasteiger partial charge is 0.497 e. The first kappa shape index (κ1) is 19.2. The van der Waals surface area contributed by atoms with Gasteiger partial charge in [-0.25, -0.2) is 13.4 Å². The third kappa shape index (κ3) is 3.40. The lowest BCUT2D eigenvalue weighted by Crippen LogP contribution is -2.18. The Labute approximate surface area is 169 Å². The highest BCUT2D eigenvalue weighted by molar-refractivity contribution is 7.91. The van der Waals surface area contributed by atoms with E-state index in [0.29, 0.717) is 22.7 Å². The zero-order valence-electron chi connectivity index (χ0n) is 16.2. The lowest BCUT2D eigenvalue weighted by Gasteiger charge is -2.12. The number of sulfone groups is 1. The van der Waals surface area contributed by atoms with Crippen LogP contribution in [-0.2, 0) is 22.8 Å². The number of nitrogens with one attached hydrogen (secondary N) is 1. The molecular weight excluding hydrogens is 390 g/mol. The van der Waals surface area contributed by atoms with E-state index < -0.39 is 9.84 Å². The molecule has 2 heterocycles. The van der Waals surface area contributed by atoms with Gasteiger partial charge >= 0.3 is 0 Å². The van der Waals surface area contributed by atoms with E-state index in [4.69, 9.17) is 4.74 Å². The molecule has 0 unspecified atom stereocenters. The summed E-state index contributed by atoms with van der Waals surface area (Å²) in [5.74, 6) is 0.230. The van der Waals surface area contributed by atoms with Crippen molar-refractivity contribution < 1.29 is 17.9 Å². The number of anilines is 1. The topological polar surface area (TPSA) is 90.3 Å². The van der Waals surface area contributed by atoms with Crippen LogP contribution in [0.15, 0.2) is 53.7 Å². The minimum atomic E-state index is -3.50. The van der Waals surface area contributed by atoms with Gasteiger partial charge in [-0.2, -0.15) is 0 Å². The molecule has 0 aliphatic carbocycles. The third-order valence-electron chi connectivity index (χ3n) is 5.02. The lowest BCUT2D eigenvalue weighted by molar-refractivity contribution is 0.101. The SMILES string of the molecule is CCc1ccccc1NC(=O)c1c(-c2ccc(OC)cc2)nc2n1CCS2(=O)=O. The Balaban J connectivity index is 1.82. The highest BCUT2D eigenvalue weighted by atomic mass is 32.2. The second kappa shape index (κ2) is 7.36. The molecule has 7 nitrogen and oxygen atoms in total. The quantitative estimate of drug-likeness (QED) is 0.696. The number of fused-ring (bicyclic) bond motifs is 1. The van der Waals surface area contributed by atoms with E-state index in [9.17, 15) is 13.2 Å². The average Bonchev–Trinajstić information content (AvgIpc) is 3.26. The van der Waals surface area contributed by atoms with Crippen LogP contribution in [-0.4, -0.2) is 36.7 Å². The Bertz CT molecular complexity index is 1180. The van der Waals surface area contributed by atoms with Crippen molar-refractivity contribution >= 4 is 21.4 Å². The number of aromatic nitrogens is 2. The van der Waals surface area contributed by atoms with Crippen molar-refractivity contribution in [3.05, 3.63) is 59.8 Å². The van der Waals surface area contributed by atoms with Crippen molar-refractivity contribution in [1.82, 2.24) is 9.55 Å². The Morgan fingerprint density at radius 3 is 2.59 bits per heavy atom. The first-order valence-corrected chi connectivity index (χ1v) is 11.0. The molecule has 1 aromatic heterocycles. The van der Waals surface area contributed by atoms with Crippen LogP contribution < -0.4 is 10.1 Å². The third-order valence-corrected chi connectivity index (χ3v) is 6.61. The summed E-state index contributed by atoms with van der Waals surface area (Å²) in [5, 5.41) is 2.88. The van der Waals surface area contributed by atoms with E-state index in [1.807, 2.05) is 31.2 Å². The molecule has 29 heavy (non-hydrogen) atoms. The Hall–Kier alpha value is -3.13. The summed E-state index contributed by atoms with van der Waals surface area (Å²) < 4.78 is 31.5. The van der Waals surface area contributed by atoms with Gasteiger partial charge in [0.15, 0.2) is 0 Å². The van der Waals surface area contributed by atoms with Crippen LogP contribution in [0.3, 0.4) is 0 Å². The van der Waals surface area contributed by atoms with Gasteiger partial charge < -0.3 is 14.6 Å².